The molecular formula is C16H20N2O3S. The molecule has 0 saturated carbocycles. The Bertz CT molecular complexity index is 548. The Morgan fingerprint density at radius 3 is 2.77 bits per heavy atom. The largest absolute Gasteiger partial charge is 0.464 e. The van der Waals surface area contributed by atoms with Gasteiger partial charge in [0.2, 0.25) is 0 Å². The molecule has 1 heterocycles. The van der Waals surface area contributed by atoms with Crippen molar-refractivity contribution in [3.8, 4) is 0 Å². The molecule has 2 rings (SSSR count). The molecule has 2 amide bonds. The van der Waals surface area contributed by atoms with Crippen LogP contribution in [-0.2, 0) is 9.53 Å². The average molecular weight is 320 g/mol. The minimum atomic E-state index is -0.633. The maximum atomic E-state index is 12.4. The molecule has 6 heteroatoms. The molecule has 1 aromatic rings. The summed E-state index contributed by atoms with van der Waals surface area (Å²) in [5, 5.41) is 5.34. The van der Waals surface area contributed by atoms with Crippen molar-refractivity contribution in [3.05, 3.63) is 48.2 Å². The van der Waals surface area contributed by atoms with Gasteiger partial charge in [0.15, 0.2) is 0 Å². The lowest BCUT2D eigenvalue weighted by molar-refractivity contribution is -0.147. The molecule has 118 valence electrons. The standard InChI is InChI=1S/C16H20N2O3S/c1-3-22-10-9-21-15(19)13-11(2)17-16(20)18-14(13)12-7-5-4-6-8-12/h4-8,13-14H,2-3,9-10H2,1H3,(H2,17,18,20)/t13-,14-/m0/s1. The lowest BCUT2D eigenvalue weighted by atomic mass is 9.89. The maximum Gasteiger partial charge on any atom is 0.319 e. The van der Waals surface area contributed by atoms with Crippen molar-refractivity contribution in [1.82, 2.24) is 10.6 Å². The molecule has 1 fully saturated rings. The third kappa shape index (κ3) is 4.04. The second-order valence-corrected chi connectivity index (χ2v) is 6.25. The van der Waals surface area contributed by atoms with Gasteiger partial charge in [0.1, 0.15) is 12.5 Å². The van der Waals surface area contributed by atoms with E-state index in [1.165, 1.54) is 0 Å². The van der Waals surface area contributed by atoms with Gasteiger partial charge in [-0.05, 0) is 11.3 Å². The summed E-state index contributed by atoms with van der Waals surface area (Å²) in [6.07, 6.45) is 0. The van der Waals surface area contributed by atoms with Gasteiger partial charge in [-0.2, -0.15) is 11.8 Å². The summed E-state index contributed by atoms with van der Waals surface area (Å²) in [4.78, 5) is 24.1. The zero-order valence-corrected chi connectivity index (χ0v) is 13.3. The molecular weight excluding hydrogens is 300 g/mol. The summed E-state index contributed by atoms with van der Waals surface area (Å²) in [6.45, 7) is 6.22. The zero-order valence-electron chi connectivity index (χ0n) is 12.5. The van der Waals surface area contributed by atoms with Gasteiger partial charge in [-0.25, -0.2) is 4.79 Å². The van der Waals surface area contributed by atoms with Crippen LogP contribution >= 0.6 is 11.8 Å². The van der Waals surface area contributed by atoms with E-state index in [-0.39, 0.29) is 12.0 Å². The predicted molar refractivity (Wildman–Crippen MR) is 87.4 cm³/mol. The minimum absolute atomic E-state index is 0.357. The zero-order chi connectivity index (χ0) is 15.9. The van der Waals surface area contributed by atoms with Crippen LogP contribution in [0.15, 0.2) is 42.6 Å². The van der Waals surface area contributed by atoms with Crippen molar-refractivity contribution in [3.63, 3.8) is 0 Å². The Labute approximate surface area is 134 Å². The van der Waals surface area contributed by atoms with Crippen LogP contribution < -0.4 is 10.6 Å². The van der Waals surface area contributed by atoms with E-state index < -0.39 is 12.0 Å². The van der Waals surface area contributed by atoms with Gasteiger partial charge in [0.05, 0.1) is 6.04 Å². The van der Waals surface area contributed by atoms with Gasteiger partial charge < -0.3 is 15.4 Å². The molecule has 0 aromatic heterocycles. The molecule has 0 spiro atoms. The van der Waals surface area contributed by atoms with Crippen LogP contribution in [0.25, 0.3) is 0 Å². The predicted octanol–water partition coefficient (Wildman–Crippen LogP) is 2.47. The summed E-state index contributed by atoms with van der Waals surface area (Å²) in [5.74, 6) is 0.740. The summed E-state index contributed by atoms with van der Waals surface area (Å²) >= 11 is 1.71. The van der Waals surface area contributed by atoms with Crippen molar-refractivity contribution in [1.29, 1.82) is 0 Å². The Balaban J connectivity index is 2.12. The Hall–Kier alpha value is -1.95. The summed E-state index contributed by atoms with van der Waals surface area (Å²) in [6, 6.07) is 8.54. The van der Waals surface area contributed by atoms with E-state index >= 15 is 0 Å². The van der Waals surface area contributed by atoms with Gasteiger partial charge in [-0.3, -0.25) is 4.79 Å². The highest BCUT2D eigenvalue weighted by atomic mass is 32.2. The number of urea groups is 1. The molecule has 5 nitrogen and oxygen atoms in total. The maximum absolute atomic E-state index is 12.4. The van der Waals surface area contributed by atoms with Crippen LogP contribution in [0.5, 0.6) is 0 Å². The van der Waals surface area contributed by atoms with E-state index in [1.807, 2.05) is 30.3 Å². The van der Waals surface area contributed by atoms with E-state index in [1.54, 1.807) is 11.8 Å². The van der Waals surface area contributed by atoms with Crippen LogP contribution in [0.3, 0.4) is 0 Å². The SMILES string of the molecule is C=C1NC(=O)N[C@@H](c2ccccc2)[C@H]1C(=O)OCCSCC. The van der Waals surface area contributed by atoms with Crippen molar-refractivity contribution < 1.29 is 14.3 Å². The fraction of sp³-hybridized carbons (Fsp3) is 0.375. The van der Waals surface area contributed by atoms with Crippen molar-refractivity contribution in [2.75, 3.05) is 18.1 Å². The van der Waals surface area contributed by atoms with Crippen molar-refractivity contribution in [2.24, 2.45) is 5.92 Å². The van der Waals surface area contributed by atoms with Gasteiger partial charge in [0.25, 0.3) is 0 Å². The van der Waals surface area contributed by atoms with E-state index in [0.717, 1.165) is 17.1 Å². The minimum Gasteiger partial charge on any atom is -0.464 e. The summed E-state index contributed by atoms with van der Waals surface area (Å²) in [5.41, 5.74) is 1.22. The number of thioether (sulfide) groups is 1. The van der Waals surface area contributed by atoms with Crippen molar-refractivity contribution >= 4 is 23.8 Å². The van der Waals surface area contributed by atoms with Crippen LogP contribution in [0, 0.1) is 5.92 Å². The number of rotatable bonds is 6. The first-order valence-corrected chi connectivity index (χ1v) is 8.34. The van der Waals surface area contributed by atoms with Gasteiger partial charge in [0, 0.05) is 11.4 Å². The first kappa shape index (κ1) is 16.4. The number of nitrogens with one attached hydrogen (secondary N) is 2. The van der Waals surface area contributed by atoms with Gasteiger partial charge >= 0.3 is 12.0 Å². The highest BCUT2D eigenvalue weighted by Crippen LogP contribution is 2.30. The number of esters is 1. The fourth-order valence-electron chi connectivity index (χ4n) is 2.34. The Morgan fingerprint density at radius 1 is 1.36 bits per heavy atom. The summed E-state index contributed by atoms with van der Waals surface area (Å²) < 4.78 is 5.33. The average Bonchev–Trinajstić information content (AvgIpc) is 2.51. The molecule has 1 aliphatic rings. The monoisotopic (exact) mass is 320 g/mol. The normalized spacial score (nSPS) is 21.0. The van der Waals surface area contributed by atoms with Crippen LogP contribution in [0.2, 0.25) is 0 Å². The Morgan fingerprint density at radius 2 is 2.09 bits per heavy atom. The highest BCUT2D eigenvalue weighted by molar-refractivity contribution is 7.99. The molecule has 1 saturated heterocycles. The van der Waals surface area contributed by atoms with Crippen molar-refractivity contribution in [2.45, 2.75) is 13.0 Å². The van der Waals surface area contributed by atoms with Crippen LogP contribution in [0.1, 0.15) is 18.5 Å². The second-order valence-electron chi connectivity index (χ2n) is 4.85. The molecule has 0 radical (unpaired) electrons. The number of ether oxygens (including phenoxy) is 1. The number of carbonyl (C=O) groups excluding carboxylic acids is 2. The molecule has 0 bridgehead atoms. The lowest BCUT2D eigenvalue weighted by Gasteiger charge is -2.33. The van der Waals surface area contributed by atoms with Crippen LogP contribution in [0.4, 0.5) is 4.79 Å². The number of carbonyl (C=O) groups is 2. The molecule has 1 aromatic carbocycles. The fourth-order valence-corrected chi connectivity index (χ4v) is 2.83. The first-order valence-electron chi connectivity index (χ1n) is 7.19. The first-order chi connectivity index (χ1) is 10.6. The molecule has 0 aliphatic carbocycles. The number of benzene rings is 1. The van der Waals surface area contributed by atoms with E-state index in [9.17, 15) is 9.59 Å². The van der Waals surface area contributed by atoms with Crippen LogP contribution in [-0.4, -0.2) is 30.1 Å². The highest BCUT2D eigenvalue weighted by Gasteiger charge is 2.38. The lowest BCUT2D eigenvalue weighted by Crippen LogP contribution is -2.51. The molecule has 0 unspecified atom stereocenters. The van der Waals surface area contributed by atoms with Gasteiger partial charge in [-0.15, -0.1) is 0 Å². The second kappa shape index (κ2) is 7.89. The third-order valence-corrected chi connectivity index (χ3v) is 4.22. The van der Waals surface area contributed by atoms with Gasteiger partial charge in [-0.1, -0.05) is 43.8 Å². The quantitative estimate of drug-likeness (QED) is 0.624. The van der Waals surface area contributed by atoms with E-state index in [0.29, 0.717) is 12.3 Å². The van der Waals surface area contributed by atoms with E-state index in [2.05, 4.69) is 24.1 Å². The topological polar surface area (TPSA) is 67.4 Å². The number of hydrogen-bond acceptors (Lipinski definition) is 4. The molecule has 2 atom stereocenters. The molecule has 1 aliphatic heterocycles. The van der Waals surface area contributed by atoms with E-state index in [4.69, 9.17) is 4.74 Å². The third-order valence-electron chi connectivity index (χ3n) is 3.36. The summed E-state index contributed by atoms with van der Waals surface area (Å²) in [7, 11) is 0. The Kier molecular flexibility index (Phi) is 5.89. The molecule has 2 N–H and O–H groups in total. The number of amides is 2. The molecule has 22 heavy (non-hydrogen) atoms. The number of hydrogen-bond donors (Lipinski definition) is 2. The smallest absolute Gasteiger partial charge is 0.319 e.